The number of carbonyl (C=O) groups excluding carboxylic acids is 1. The second kappa shape index (κ2) is 5.63. The third-order valence-electron chi connectivity index (χ3n) is 2.07. The van der Waals surface area contributed by atoms with E-state index in [9.17, 15) is 14.9 Å². The predicted molar refractivity (Wildman–Crippen MR) is 64.1 cm³/mol. The molecule has 0 fully saturated rings. The molecule has 0 aliphatic carbocycles. The summed E-state index contributed by atoms with van der Waals surface area (Å²) in [5.41, 5.74) is -0.292. The van der Waals surface area contributed by atoms with E-state index in [1.807, 2.05) is 0 Å². The van der Waals surface area contributed by atoms with Gasteiger partial charge in [-0.25, -0.2) is 9.78 Å². The maximum Gasteiger partial charge on any atom is 0.356 e. The van der Waals surface area contributed by atoms with Crippen LogP contribution in [0.3, 0.4) is 0 Å². The Balaban J connectivity index is 3.20. The van der Waals surface area contributed by atoms with Crippen molar-refractivity contribution in [3.8, 4) is 12.3 Å². The molecule has 0 aromatic carbocycles. The summed E-state index contributed by atoms with van der Waals surface area (Å²) in [6.45, 7) is 1.64. The van der Waals surface area contributed by atoms with Crippen LogP contribution >= 0.6 is 0 Å². The molecule has 0 saturated carbocycles. The van der Waals surface area contributed by atoms with E-state index in [0.29, 0.717) is 0 Å². The van der Waals surface area contributed by atoms with Gasteiger partial charge in [0.1, 0.15) is 0 Å². The van der Waals surface area contributed by atoms with Crippen LogP contribution < -0.4 is 5.32 Å². The van der Waals surface area contributed by atoms with Gasteiger partial charge in [0.25, 0.3) is 0 Å². The highest BCUT2D eigenvalue weighted by Crippen LogP contribution is 2.22. The number of terminal acetylenes is 1. The van der Waals surface area contributed by atoms with Gasteiger partial charge in [0.05, 0.1) is 18.1 Å². The summed E-state index contributed by atoms with van der Waals surface area (Å²) >= 11 is 0. The van der Waals surface area contributed by atoms with Crippen molar-refractivity contribution in [1.29, 1.82) is 0 Å². The van der Waals surface area contributed by atoms with Crippen LogP contribution in [0.4, 0.5) is 11.5 Å². The van der Waals surface area contributed by atoms with Gasteiger partial charge in [-0.1, -0.05) is 5.92 Å². The molecule has 1 unspecified atom stereocenters. The fraction of sp³-hybridized carbons (Fsp3) is 0.273. The van der Waals surface area contributed by atoms with Crippen LogP contribution in [0.1, 0.15) is 17.4 Å². The van der Waals surface area contributed by atoms with E-state index < -0.39 is 16.9 Å². The molecule has 0 bridgehead atoms. The summed E-state index contributed by atoms with van der Waals surface area (Å²) in [5.74, 6) is 1.61. The lowest BCUT2D eigenvalue weighted by Crippen LogP contribution is -2.16. The lowest BCUT2D eigenvalue weighted by atomic mass is 10.3. The van der Waals surface area contributed by atoms with Crippen LogP contribution in [0.2, 0.25) is 0 Å². The average Bonchev–Trinajstić information content (AvgIpc) is 2.37. The Kier molecular flexibility index (Phi) is 4.21. The number of nitro groups is 1. The summed E-state index contributed by atoms with van der Waals surface area (Å²) in [5, 5.41) is 13.5. The number of rotatable bonds is 4. The monoisotopic (exact) mass is 249 g/mol. The standard InChI is InChI=1S/C11H11N3O4/c1-4-7(2)12-10-9(14(16)17)6-5-8(13-10)11(15)18-3/h1,5-7H,2-3H3,(H,12,13). The highest BCUT2D eigenvalue weighted by molar-refractivity contribution is 5.88. The van der Waals surface area contributed by atoms with Crippen LogP contribution in [0, 0.1) is 22.5 Å². The zero-order chi connectivity index (χ0) is 13.7. The fourth-order valence-electron chi connectivity index (χ4n) is 1.17. The van der Waals surface area contributed by atoms with E-state index in [1.54, 1.807) is 6.92 Å². The highest BCUT2D eigenvalue weighted by atomic mass is 16.6. The minimum Gasteiger partial charge on any atom is -0.464 e. The molecule has 7 nitrogen and oxygen atoms in total. The lowest BCUT2D eigenvalue weighted by Gasteiger charge is -2.09. The lowest BCUT2D eigenvalue weighted by molar-refractivity contribution is -0.384. The molecule has 0 aliphatic rings. The van der Waals surface area contributed by atoms with Crippen LogP contribution in [0.5, 0.6) is 0 Å². The minimum absolute atomic E-state index is 0.0326. The predicted octanol–water partition coefficient (Wildman–Crippen LogP) is 1.21. The Morgan fingerprint density at radius 2 is 2.33 bits per heavy atom. The second-order valence-corrected chi connectivity index (χ2v) is 3.35. The van der Waals surface area contributed by atoms with Gasteiger partial charge in [0, 0.05) is 6.07 Å². The number of nitrogens with zero attached hydrogens (tertiary/aromatic N) is 2. The molecule has 1 atom stereocenters. The summed E-state index contributed by atoms with van der Waals surface area (Å²) in [7, 11) is 1.20. The SMILES string of the molecule is C#CC(C)Nc1nc(C(=O)OC)ccc1[N+](=O)[O-]. The quantitative estimate of drug-likeness (QED) is 0.373. The van der Waals surface area contributed by atoms with E-state index >= 15 is 0 Å². The number of carbonyl (C=O) groups is 1. The van der Waals surface area contributed by atoms with Gasteiger partial charge in [-0.05, 0) is 13.0 Å². The third kappa shape index (κ3) is 2.95. The van der Waals surface area contributed by atoms with Gasteiger partial charge in [-0.3, -0.25) is 10.1 Å². The Bertz CT molecular complexity index is 522. The largest absolute Gasteiger partial charge is 0.464 e. The first kappa shape index (κ1) is 13.4. The summed E-state index contributed by atoms with van der Waals surface area (Å²) < 4.78 is 4.48. The van der Waals surface area contributed by atoms with Crippen LogP contribution in [-0.2, 0) is 4.74 Å². The Morgan fingerprint density at radius 1 is 1.67 bits per heavy atom. The van der Waals surface area contributed by atoms with Crippen molar-refractivity contribution in [3.05, 3.63) is 27.9 Å². The number of aromatic nitrogens is 1. The van der Waals surface area contributed by atoms with Crippen molar-refractivity contribution in [1.82, 2.24) is 4.98 Å². The molecule has 1 aromatic rings. The molecule has 1 aromatic heterocycles. The maximum atomic E-state index is 11.3. The minimum atomic E-state index is -0.679. The molecule has 1 N–H and O–H groups in total. The molecule has 1 heterocycles. The van der Waals surface area contributed by atoms with E-state index in [2.05, 4.69) is 21.0 Å². The number of esters is 1. The van der Waals surface area contributed by atoms with Crippen molar-refractivity contribution in [2.24, 2.45) is 0 Å². The van der Waals surface area contributed by atoms with E-state index in [-0.39, 0.29) is 17.2 Å². The normalized spacial score (nSPS) is 11.2. The molecule has 0 saturated heterocycles. The molecular formula is C11H11N3O4. The Morgan fingerprint density at radius 3 is 2.83 bits per heavy atom. The molecule has 0 spiro atoms. The first-order valence-electron chi connectivity index (χ1n) is 4.96. The van der Waals surface area contributed by atoms with Crippen molar-refractivity contribution in [2.45, 2.75) is 13.0 Å². The highest BCUT2D eigenvalue weighted by Gasteiger charge is 2.19. The summed E-state index contributed by atoms with van der Waals surface area (Å²) in [4.78, 5) is 25.3. The second-order valence-electron chi connectivity index (χ2n) is 3.35. The number of hydrogen-bond donors (Lipinski definition) is 1. The van der Waals surface area contributed by atoms with Crippen LogP contribution in [0.25, 0.3) is 0 Å². The molecule has 0 amide bonds. The first-order chi connectivity index (χ1) is 8.49. The van der Waals surface area contributed by atoms with E-state index in [0.717, 1.165) is 0 Å². The number of ether oxygens (including phenoxy) is 1. The third-order valence-corrected chi connectivity index (χ3v) is 2.07. The molecule has 1 rings (SSSR count). The van der Waals surface area contributed by atoms with Crippen molar-refractivity contribution in [3.63, 3.8) is 0 Å². The van der Waals surface area contributed by atoms with Crippen molar-refractivity contribution < 1.29 is 14.5 Å². The van der Waals surface area contributed by atoms with Crippen molar-refractivity contribution in [2.75, 3.05) is 12.4 Å². The smallest absolute Gasteiger partial charge is 0.356 e. The zero-order valence-corrected chi connectivity index (χ0v) is 9.84. The van der Waals surface area contributed by atoms with Gasteiger partial charge in [-0.2, -0.15) is 0 Å². The molecule has 7 heteroatoms. The average molecular weight is 249 g/mol. The van der Waals surface area contributed by atoms with Crippen LogP contribution in [0.15, 0.2) is 12.1 Å². The van der Waals surface area contributed by atoms with Crippen molar-refractivity contribution >= 4 is 17.5 Å². The Labute approximate surface area is 103 Å². The molecule has 0 radical (unpaired) electrons. The molecule has 18 heavy (non-hydrogen) atoms. The molecular weight excluding hydrogens is 238 g/mol. The molecule has 94 valence electrons. The topological polar surface area (TPSA) is 94.4 Å². The number of nitrogens with one attached hydrogen (secondary N) is 1. The molecule has 0 aliphatic heterocycles. The van der Waals surface area contributed by atoms with E-state index in [4.69, 9.17) is 6.42 Å². The summed E-state index contributed by atoms with van der Waals surface area (Å²) in [6.07, 6.45) is 5.17. The Hall–Kier alpha value is -2.62. The van der Waals surface area contributed by atoms with Gasteiger partial charge < -0.3 is 10.1 Å². The van der Waals surface area contributed by atoms with Crippen LogP contribution in [-0.4, -0.2) is 29.0 Å². The number of hydrogen-bond acceptors (Lipinski definition) is 6. The van der Waals surface area contributed by atoms with Gasteiger partial charge >= 0.3 is 11.7 Å². The maximum absolute atomic E-state index is 11.3. The van der Waals surface area contributed by atoms with Gasteiger partial charge in [-0.15, -0.1) is 6.42 Å². The van der Waals surface area contributed by atoms with E-state index in [1.165, 1.54) is 19.2 Å². The number of methoxy groups -OCH3 is 1. The number of anilines is 1. The zero-order valence-electron chi connectivity index (χ0n) is 9.84. The number of pyridine rings is 1. The summed E-state index contributed by atoms with van der Waals surface area (Å²) in [6, 6.07) is 1.93. The fourth-order valence-corrected chi connectivity index (χ4v) is 1.17. The first-order valence-corrected chi connectivity index (χ1v) is 4.96. The van der Waals surface area contributed by atoms with Gasteiger partial charge in [0.2, 0.25) is 5.82 Å². The van der Waals surface area contributed by atoms with Gasteiger partial charge in [0.15, 0.2) is 5.69 Å².